The van der Waals surface area contributed by atoms with Gasteiger partial charge in [0, 0.05) is 17.2 Å². The van der Waals surface area contributed by atoms with E-state index in [0.717, 1.165) is 39.8 Å². The first-order valence-electron chi connectivity index (χ1n) is 10.6. The highest BCUT2D eigenvalue weighted by Gasteiger charge is 2.15. The van der Waals surface area contributed by atoms with Crippen molar-refractivity contribution in [2.45, 2.75) is 24.6 Å². The molecule has 33 heavy (non-hydrogen) atoms. The highest BCUT2D eigenvalue weighted by Crippen LogP contribution is 2.30. The highest BCUT2D eigenvalue weighted by atomic mass is 32.2. The van der Waals surface area contributed by atoms with E-state index in [1.165, 1.54) is 11.8 Å². The third-order valence-electron chi connectivity index (χ3n) is 5.32. The largest absolute Gasteiger partial charge is 0.497 e. The monoisotopic (exact) mass is 465 g/mol. The van der Waals surface area contributed by atoms with Crippen molar-refractivity contribution >= 4 is 28.3 Å². The number of hydrogen-bond donors (Lipinski definition) is 1. The molecule has 0 saturated heterocycles. The molecule has 4 aromatic rings. The second-order valence-corrected chi connectivity index (χ2v) is 8.63. The summed E-state index contributed by atoms with van der Waals surface area (Å²) in [6.45, 7) is 5.94. The number of allylic oxidation sites excluding steroid dienone is 1. The number of pyridine rings is 1. The van der Waals surface area contributed by atoms with E-state index < -0.39 is 6.10 Å². The van der Waals surface area contributed by atoms with Gasteiger partial charge in [0.1, 0.15) is 12.4 Å². The van der Waals surface area contributed by atoms with Crippen LogP contribution in [0.1, 0.15) is 11.1 Å². The van der Waals surface area contributed by atoms with Gasteiger partial charge in [-0.3, -0.25) is 4.40 Å². The quantitative estimate of drug-likeness (QED) is 0.273. The maximum atomic E-state index is 10.5. The van der Waals surface area contributed by atoms with E-state index in [1.54, 1.807) is 14.2 Å². The molecule has 4 rings (SSSR count). The van der Waals surface area contributed by atoms with E-state index in [2.05, 4.69) is 23.7 Å². The van der Waals surface area contributed by atoms with Crippen molar-refractivity contribution in [3.05, 3.63) is 66.2 Å². The molecule has 0 radical (unpaired) electrons. The first kappa shape index (κ1) is 22.9. The number of fused-ring (bicyclic) bond motifs is 3. The number of benzene rings is 2. The van der Waals surface area contributed by atoms with E-state index in [0.29, 0.717) is 22.4 Å². The summed E-state index contributed by atoms with van der Waals surface area (Å²) in [5, 5.41) is 21.0. The molecule has 0 aliphatic heterocycles. The molecule has 0 bridgehead atoms. The number of ether oxygens (including phenoxy) is 3. The van der Waals surface area contributed by atoms with Crippen molar-refractivity contribution in [1.29, 1.82) is 0 Å². The fourth-order valence-electron chi connectivity index (χ4n) is 3.65. The molecule has 0 spiro atoms. The Kier molecular flexibility index (Phi) is 7.05. The number of aliphatic hydroxyl groups excluding tert-OH is 1. The van der Waals surface area contributed by atoms with Crippen LogP contribution in [0.4, 0.5) is 0 Å². The molecular formula is C25H27N3O4S. The first-order valence-corrected chi connectivity index (χ1v) is 11.6. The first-order chi connectivity index (χ1) is 16.0. The van der Waals surface area contributed by atoms with Gasteiger partial charge in [-0.05, 0) is 54.8 Å². The Balaban J connectivity index is 1.47. The number of nitrogens with zero attached hydrogens (tertiary/aromatic N) is 3. The molecule has 0 fully saturated rings. The van der Waals surface area contributed by atoms with Gasteiger partial charge in [-0.15, -0.1) is 16.8 Å². The molecule has 2 aromatic carbocycles. The molecule has 0 amide bonds. The highest BCUT2D eigenvalue weighted by molar-refractivity contribution is 7.99. The molecule has 0 saturated carbocycles. The molecule has 0 aliphatic carbocycles. The molecule has 0 aliphatic rings. The number of aromatic nitrogens is 3. The minimum absolute atomic E-state index is 0.134. The SMILES string of the molecule is C=CCc1ccc(OCC(O)CSc2nnc3cc(C)c4ccc(OC)cc4n23)c(OC)c1. The number of aryl methyl sites for hydroxylation is 1. The second kappa shape index (κ2) is 10.1. The van der Waals surface area contributed by atoms with Crippen LogP contribution in [-0.2, 0) is 6.42 Å². The van der Waals surface area contributed by atoms with E-state index in [-0.39, 0.29) is 6.61 Å². The lowest BCUT2D eigenvalue weighted by molar-refractivity contribution is 0.124. The van der Waals surface area contributed by atoms with Crippen molar-refractivity contribution in [2.75, 3.05) is 26.6 Å². The lowest BCUT2D eigenvalue weighted by Crippen LogP contribution is -2.20. The second-order valence-electron chi connectivity index (χ2n) is 7.64. The fraction of sp³-hybridized carbons (Fsp3) is 0.280. The van der Waals surface area contributed by atoms with Crippen molar-refractivity contribution in [3.63, 3.8) is 0 Å². The van der Waals surface area contributed by atoms with Crippen molar-refractivity contribution in [2.24, 2.45) is 0 Å². The van der Waals surface area contributed by atoms with Crippen molar-refractivity contribution in [1.82, 2.24) is 14.6 Å². The van der Waals surface area contributed by atoms with Gasteiger partial charge < -0.3 is 19.3 Å². The van der Waals surface area contributed by atoms with Gasteiger partial charge in [0.15, 0.2) is 22.3 Å². The topological polar surface area (TPSA) is 78.1 Å². The van der Waals surface area contributed by atoms with Gasteiger partial charge in [-0.2, -0.15) is 0 Å². The van der Waals surface area contributed by atoms with Crippen LogP contribution in [0.2, 0.25) is 0 Å². The summed E-state index contributed by atoms with van der Waals surface area (Å²) in [5.74, 6) is 2.39. The zero-order valence-corrected chi connectivity index (χ0v) is 19.8. The summed E-state index contributed by atoms with van der Waals surface area (Å²) in [5.41, 5.74) is 3.92. The average Bonchev–Trinajstić information content (AvgIpc) is 3.24. The molecule has 1 N–H and O–H groups in total. The molecule has 2 heterocycles. The van der Waals surface area contributed by atoms with E-state index in [9.17, 15) is 5.11 Å². The van der Waals surface area contributed by atoms with Crippen LogP contribution >= 0.6 is 11.8 Å². The lowest BCUT2D eigenvalue weighted by Gasteiger charge is -2.15. The molecule has 8 heteroatoms. The van der Waals surface area contributed by atoms with Gasteiger partial charge >= 0.3 is 0 Å². The Morgan fingerprint density at radius 1 is 1.09 bits per heavy atom. The number of methoxy groups -OCH3 is 2. The minimum Gasteiger partial charge on any atom is -0.497 e. The van der Waals surface area contributed by atoms with E-state index >= 15 is 0 Å². The Bertz CT molecular complexity index is 1290. The molecule has 1 atom stereocenters. The summed E-state index contributed by atoms with van der Waals surface area (Å²) in [6, 6.07) is 13.7. The minimum atomic E-state index is -0.703. The zero-order valence-electron chi connectivity index (χ0n) is 18.9. The van der Waals surface area contributed by atoms with Crippen LogP contribution in [0.15, 0.2) is 60.3 Å². The number of rotatable bonds is 10. The summed E-state index contributed by atoms with van der Waals surface area (Å²) >= 11 is 1.43. The summed E-state index contributed by atoms with van der Waals surface area (Å²) in [4.78, 5) is 0. The van der Waals surface area contributed by atoms with Gasteiger partial charge in [-0.1, -0.05) is 23.9 Å². The smallest absolute Gasteiger partial charge is 0.196 e. The van der Waals surface area contributed by atoms with Crippen LogP contribution in [0.25, 0.3) is 16.6 Å². The predicted molar refractivity (Wildman–Crippen MR) is 131 cm³/mol. The Hall–Kier alpha value is -3.23. The van der Waals surface area contributed by atoms with E-state index in [1.807, 2.05) is 52.9 Å². The van der Waals surface area contributed by atoms with Gasteiger partial charge in [0.05, 0.1) is 25.8 Å². The van der Waals surface area contributed by atoms with Gasteiger partial charge in [0.2, 0.25) is 0 Å². The van der Waals surface area contributed by atoms with E-state index in [4.69, 9.17) is 14.2 Å². The molecule has 7 nitrogen and oxygen atoms in total. The number of aliphatic hydroxyl groups is 1. The Morgan fingerprint density at radius 2 is 1.94 bits per heavy atom. The summed E-state index contributed by atoms with van der Waals surface area (Å²) in [6.07, 6.45) is 1.89. The molecular weight excluding hydrogens is 438 g/mol. The van der Waals surface area contributed by atoms with Crippen LogP contribution in [0.5, 0.6) is 17.2 Å². The maximum absolute atomic E-state index is 10.5. The van der Waals surface area contributed by atoms with Gasteiger partial charge in [0.25, 0.3) is 0 Å². The zero-order chi connectivity index (χ0) is 23.4. The molecule has 1 unspecified atom stereocenters. The Labute approximate surface area is 197 Å². The summed E-state index contributed by atoms with van der Waals surface area (Å²) in [7, 11) is 3.25. The normalized spacial score (nSPS) is 12.1. The average molecular weight is 466 g/mol. The van der Waals surface area contributed by atoms with Crippen LogP contribution in [0, 0.1) is 6.92 Å². The lowest BCUT2D eigenvalue weighted by atomic mass is 10.1. The van der Waals surface area contributed by atoms with Crippen LogP contribution < -0.4 is 14.2 Å². The molecule has 172 valence electrons. The third-order valence-corrected chi connectivity index (χ3v) is 6.39. The predicted octanol–water partition coefficient (Wildman–Crippen LogP) is 4.47. The number of thioether (sulfide) groups is 1. The van der Waals surface area contributed by atoms with Crippen LogP contribution in [0.3, 0.4) is 0 Å². The third kappa shape index (κ3) is 4.91. The van der Waals surface area contributed by atoms with Crippen molar-refractivity contribution in [3.8, 4) is 17.2 Å². The van der Waals surface area contributed by atoms with Gasteiger partial charge in [-0.25, -0.2) is 0 Å². The summed E-state index contributed by atoms with van der Waals surface area (Å²) < 4.78 is 18.6. The standard InChI is InChI=1S/C25H27N3O4S/c1-5-6-17-7-10-22(23(12-17)31-4)32-14-18(29)15-33-25-27-26-24-11-16(2)20-9-8-19(30-3)13-21(20)28(24)25/h5,7-13,18,29H,1,6,14-15H2,2-4H3. The maximum Gasteiger partial charge on any atom is 0.196 e. The van der Waals surface area contributed by atoms with Crippen molar-refractivity contribution < 1.29 is 19.3 Å². The van der Waals surface area contributed by atoms with Crippen LogP contribution in [-0.4, -0.2) is 52.4 Å². The fourth-order valence-corrected chi connectivity index (χ4v) is 4.51. The Morgan fingerprint density at radius 3 is 2.70 bits per heavy atom. The molecule has 2 aromatic heterocycles. The number of hydrogen-bond acceptors (Lipinski definition) is 7.